The molecule has 0 saturated carbocycles. The first kappa shape index (κ1) is 14.2. The highest BCUT2D eigenvalue weighted by Gasteiger charge is 2.45. The van der Waals surface area contributed by atoms with E-state index in [-0.39, 0.29) is 12.2 Å². The molecule has 4 nitrogen and oxygen atoms in total. The van der Waals surface area contributed by atoms with Gasteiger partial charge in [-0.15, -0.1) is 11.3 Å². The number of likely N-dealkylation sites (tertiary alicyclic amines) is 1. The summed E-state index contributed by atoms with van der Waals surface area (Å²) in [6.45, 7) is 2.76. The Morgan fingerprint density at radius 3 is 3.18 bits per heavy atom. The van der Waals surface area contributed by atoms with Crippen LogP contribution in [0.15, 0.2) is 42.0 Å². The number of rotatable bonds is 4. The average Bonchev–Trinajstić information content (AvgIpc) is 3.18. The average molecular weight is 316 g/mol. The Kier molecular flexibility index (Phi) is 4.10. The summed E-state index contributed by atoms with van der Waals surface area (Å²) in [5, 5.41) is 2.14. The van der Waals surface area contributed by atoms with Crippen molar-refractivity contribution >= 4 is 11.3 Å². The second-order valence-corrected chi connectivity index (χ2v) is 6.93. The van der Waals surface area contributed by atoms with Gasteiger partial charge in [0.1, 0.15) is 18.0 Å². The quantitative estimate of drug-likeness (QED) is 0.868. The van der Waals surface area contributed by atoms with Crippen LogP contribution in [0.3, 0.4) is 0 Å². The van der Waals surface area contributed by atoms with Gasteiger partial charge in [-0.2, -0.15) is 0 Å². The fourth-order valence-corrected chi connectivity index (χ4v) is 4.21. The van der Waals surface area contributed by atoms with Crippen molar-refractivity contribution in [2.45, 2.75) is 37.6 Å². The van der Waals surface area contributed by atoms with Crippen LogP contribution >= 0.6 is 11.3 Å². The standard InChI is InChI=1S/C17H20N2O2S/c1-4-13(10-18-7-1)21-16-12-19(11-14-5-3-9-22-14)15-6-2-8-20-17(15)16/h1,3-5,7,9-10,15-17H,2,6,8,11-12H2/t15-,16-,17+/m0/s1. The molecule has 0 aromatic carbocycles. The number of nitrogens with zero attached hydrogens (tertiary/aromatic N) is 2. The van der Waals surface area contributed by atoms with Crippen molar-refractivity contribution in [3.05, 3.63) is 46.9 Å². The molecule has 0 aliphatic carbocycles. The summed E-state index contributed by atoms with van der Waals surface area (Å²) in [6.07, 6.45) is 6.15. The fourth-order valence-electron chi connectivity index (χ4n) is 3.48. The number of ether oxygens (including phenoxy) is 2. The van der Waals surface area contributed by atoms with Crippen molar-refractivity contribution in [2.24, 2.45) is 0 Å². The van der Waals surface area contributed by atoms with E-state index < -0.39 is 0 Å². The molecule has 3 atom stereocenters. The third-order valence-electron chi connectivity index (χ3n) is 4.44. The van der Waals surface area contributed by atoms with Crippen LogP contribution in [0.4, 0.5) is 0 Å². The molecule has 4 rings (SSSR count). The zero-order chi connectivity index (χ0) is 14.8. The molecule has 0 amide bonds. The zero-order valence-corrected chi connectivity index (χ0v) is 13.2. The molecular formula is C17H20N2O2S. The van der Waals surface area contributed by atoms with Gasteiger partial charge >= 0.3 is 0 Å². The monoisotopic (exact) mass is 316 g/mol. The molecule has 0 bridgehead atoms. The summed E-state index contributed by atoms with van der Waals surface area (Å²) >= 11 is 1.82. The van der Waals surface area contributed by atoms with Gasteiger partial charge in [0.25, 0.3) is 0 Å². The summed E-state index contributed by atoms with van der Waals surface area (Å²) in [6, 6.07) is 8.67. The molecule has 0 radical (unpaired) electrons. The summed E-state index contributed by atoms with van der Waals surface area (Å²) in [4.78, 5) is 8.07. The third-order valence-corrected chi connectivity index (χ3v) is 5.31. The van der Waals surface area contributed by atoms with Crippen molar-refractivity contribution in [3.63, 3.8) is 0 Å². The van der Waals surface area contributed by atoms with E-state index >= 15 is 0 Å². The Bertz CT molecular complexity index is 590. The van der Waals surface area contributed by atoms with Crippen molar-refractivity contribution in [2.75, 3.05) is 13.2 Å². The number of fused-ring (bicyclic) bond motifs is 1. The number of thiophene rings is 1. The van der Waals surface area contributed by atoms with E-state index in [1.54, 1.807) is 12.4 Å². The molecule has 2 fully saturated rings. The van der Waals surface area contributed by atoms with E-state index in [9.17, 15) is 0 Å². The lowest BCUT2D eigenvalue weighted by atomic mass is 10.0. The van der Waals surface area contributed by atoms with Crippen molar-refractivity contribution < 1.29 is 9.47 Å². The largest absolute Gasteiger partial charge is 0.485 e. The molecule has 5 heteroatoms. The maximum absolute atomic E-state index is 6.17. The predicted octanol–water partition coefficient (Wildman–Crippen LogP) is 2.95. The van der Waals surface area contributed by atoms with Crippen LogP contribution in [0.1, 0.15) is 17.7 Å². The van der Waals surface area contributed by atoms with Gasteiger partial charge in [0.05, 0.1) is 6.20 Å². The number of hydrogen-bond donors (Lipinski definition) is 0. The Morgan fingerprint density at radius 2 is 2.36 bits per heavy atom. The molecule has 0 spiro atoms. The third kappa shape index (κ3) is 2.89. The maximum Gasteiger partial charge on any atom is 0.139 e. The van der Waals surface area contributed by atoms with Crippen LogP contribution in [0.2, 0.25) is 0 Å². The molecule has 2 saturated heterocycles. The lowest BCUT2D eigenvalue weighted by molar-refractivity contribution is -0.0471. The minimum Gasteiger partial charge on any atom is -0.485 e. The maximum atomic E-state index is 6.17. The van der Waals surface area contributed by atoms with Gasteiger partial charge in [-0.25, -0.2) is 0 Å². The molecule has 2 aliphatic heterocycles. The SMILES string of the molecule is c1cncc(O[C@H]2CN(Cc3cccs3)[C@H]3CCCO[C@@H]23)c1. The van der Waals surface area contributed by atoms with Gasteiger partial charge in [0.15, 0.2) is 0 Å². The highest BCUT2D eigenvalue weighted by molar-refractivity contribution is 7.09. The van der Waals surface area contributed by atoms with Crippen LogP contribution in [0.5, 0.6) is 5.75 Å². The first-order valence-corrected chi connectivity index (χ1v) is 8.73. The number of aromatic nitrogens is 1. The van der Waals surface area contributed by atoms with Gasteiger partial charge in [-0.05, 0) is 36.4 Å². The van der Waals surface area contributed by atoms with E-state index in [0.29, 0.717) is 6.04 Å². The lowest BCUT2D eigenvalue weighted by Gasteiger charge is -2.32. The molecule has 4 heterocycles. The summed E-state index contributed by atoms with van der Waals surface area (Å²) < 4.78 is 12.2. The van der Waals surface area contributed by atoms with Gasteiger partial charge in [-0.1, -0.05) is 6.07 Å². The van der Waals surface area contributed by atoms with E-state index in [1.165, 1.54) is 11.3 Å². The van der Waals surface area contributed by atoms with Crippen LogP contribution in [0.25, 0.3) is 0 Å². The molecular weight excluding hydrogens is 296 g/mol. The lowest BCUT2D eigenvalue weighted by Crippen LogP contribution is -2.42. The second kappa shape index (κ2) is 6.36. The molecule has 2 aromatic heterocycles. The van der Waals surface area contributed by atoms with Crippen LogP contribution in [0, 0.1) is 0 Å². The van der Waals surface area contributed by atoms with Crippen molar-refractivity contribution in [3.8, 4) is 5.75 Å². The van der Waals surface area contributed by atoms with Crippen molar-refractivity contribution in [1.29, 1.82) is 0 Å². The van der Waals surface area contributed by atoms with Gasteiger partial charge < -0.3 is 9.47 Å². The first-order valence-electron chi connectivity index (χ1n) is 7.85. The molecule has 0 unspecified atom stereocenters. The topological polar surface area (TPSA) is 34.6 Å². The van der Waals surface area contributed by atoms with E-state index in [1.807, 2.05) is 23.5 Å². The van der Waals surface area contributed by atoms with Crippen LogP contribution in [-0.2, 0) is 11.3 Å². The van der Waals surface area contributed by atoms with Crippen LogP contribution < -0.4 is 4.74 Å². The number of pyridine rings is 1. The van der Waals surface area contributed by atoms with Crippen LogP contribution in [-0.4, -0.2) is 41.3 Å². The first-order chi connectivity index (χ1) is 10.9. The summed E-state index contributed by atoms with van der Waals surface area (Å²) in [5.74, 6) is 0.832. The Labute approximate surface area is 134 Å². The highest BCUT2D eigenvalue weighted by atomic mass is 32.1. The molecule has 2 aliphatic rings. The Morgan fingerprint density at radius 1 is 1.36 bits per heavy atom. The summed E-state index contributed by atoms with van der Waals surface area (Å²) in [5.41, 5.74) is 0. The van der Waals surface area contributed by atoms with E-state index in [2.05, 4.69) is 27.4 Å². The van der Waals surface area contributed by atoms with Gasteiger partial charge in [0.2, 0.25) is 0 Å². The highest BCUT2D eigenvalue weighted by Crippen LogP contribution is 2.32. The minimum atomic E-state index is 0.0921. The minimum absolute atomic E-state index is 0.0921. The van der Waals surface area contributed by atoms with Crippen molar-refractivity contribution in [1.82, 2.24) is 9.88 Å². The normalized spacial score (nSPS) is 28.5. The molecule has 116 valence electrons. The van der Waals surface area contributed by atoms with E-state index in [0.717, 1.165) is 31.9 Å². The Hall–Kier alpha value is -1.43. The van der Waals surface area contributed by atoms with E-state index in [4.69, 9.17) is 9.47 Å². The number of hydrogen-bond acceptors (Lipinski definition) is 5. The summed E-state index contributed by atoms with van der Waals surface area (Å²) in [7, 11) is 0. The second-order valence-electron chi connectivity index (χ2n) is 5.90. The molecule has 2 aromatic rings. The van der Waals surface area contributed by atoms with Gasteiger partial charge in [-0.3, -0.25) is 9.88 Å². The zero-order valence-electron chi connectivity index (χ0n) is 12.4. The molecule has 22 heavy (non-hydrogen) atoms. The van der Waals surface area contributed by atoms with Gasteiger partial charge in [0, 0.05) is 36.8 Å². The fraction of sp³-hybridized carbons (Fsp3) is 0.471. The Balaban J connectivity index is 1.50. The molecule has 0 N–H and O–H groups in total. The predicted molar refractivity (Wildman–Crippen MR) is 86.1 cm³/mol. The smallest absolute Gasteiger partial charge is 0.139 e.